The van der Waals surface area contributed by atoms with Crippen LogP contribution in [0.2, 0.25) is 5.09 Å². The Morgan fingerprint density at radius 1 is 1.06 bits per heavy atom. The molecule has 0 fully saturated rings. The molecule has 0 amide bonds. The maximum absolute atomic E-state index is 4.82. The molecule has 0 unspecified atom stereocenters. The van der Waals surface area contributed by atoms with E-state index in [1.165, 1.54) is 48.5 Å². The molecule has 0 aliphatic carbocycles. The minimum atomic E-state index is 0.994. The summed E-state index contributed by atoms with van der Waals surface area (Å²) in [5, 5.41) is 1.24. The van der Waals surface area contributed by atoms with E-state index in [0.29, 0.717) is 0 Å². The van der Waals surface area contributed by atoms with Gasteiger partial charge in [0, 0.05) is 0 Å². The van der Waals surface area contributed by atoms with E-state index in [4.69, 9.17) is 4.99 Å². The van der Waals surface area contributed by atoms with E-state index in [-0.39, 0.29) is 0 Å². The van der Waals surface area contributed by atoms with Crippen LogP contribution in [0.3, 0.4) is 0 Å². The summed E-state index contributed by atoms with van der Waals surface area (Å²) < 4.78 is 0. The van der Waals surface area contributed by atoms with Gasteiger partial charge in [-0.2, -0.15) is 0 Å². The summed E-state index contributed by atoms with van der Waals surface area (Å²) in [6, 6.07) is 10.6. The van der Waals surface area contributed by atoms with Crippen molar-refractivity contribution < 1.29 is 0 Å². The first kappa shape index (κ1) is 15.5. The van der Waals surface area contributed by atoms with Gasteiger partial charge in [0.1, 0.15) is 0 Å². The molecule has 0 N–H and O–H groups in total. The Morgan fingerprint density at radius 3 is 2.50 bits per heavy atom. The Bertz CT molecular complexity index is 332. The fraction of sp³-hybridized carbons (Fsp3) is 0.562. The fourth-order valence-corrected chi connectivity index (χ4v) is 2.04. The predicted octanol–water partition coefficient (Wildman–Crippen LogP) is 4.42. The summed E-state index contributed by atoms with van der Waals surface area (Å²) in [6.07, 6.45) is 7.54. The second-order valence-corrected chi connectivity index (χ2v) is 4.86. The standard InChI is InChI=1S/C16H24N.Li/c1-3-5-6-10-14-17-16(11-4-2)15-12-8-7-9-13-15;/h7-9,12-13H,2-6,10-11,14H2,1H3;. The zero-order chi connectivity index (χ0) is 13.1. The van der Waals surface area contributed by atoms with Gasteiger partial charge in [-0.05, 0) is 0 Å². The van der Waals surface area contributed by atoms with Crippen molar-refractivity contribution in [3.05, 3.63) is 35.9 Å². The van der Waals surface area contributed by atoms with Crippen molar-refractivity contribution in [3.8, 4) is 0 Å². The van der Waals surface area contributed by atoms with Crippen molar-refractivity contribution in [3.63, 3.8) is 0 Å². The molecule has 1 aromatic rings. The third-order valence-electron chi connectivity index (χ3n) is 3.19. The SMILES string of the molecule is [Li][CH2]CCC(=NCCCCCC)c1ccccc1. The number of aliphatic imine (C=N–C) groups is 1. The average molecular weight is 237 g/mol. The molecule has 0 heterocycles. The summed E-state index contributed by atoms with van der Waals surface area (Å²) in [6.45, 7) is 3.24. The van der Waals surface area contributed by atoms with Gasteiger partial charge in [0.25, 0.3) is 0 Å². The van der Waals surface area contributed by atoms with Crippen LogP contribution in [0.15, 0.2) is 35.3 Å². The van der Waals surface area contributed by atoms with E-state index in [0.717, 1.165) is 13.0 Å². The molecule has 0 aromatic heterocycles. The van der Waals surface area contributed by atoms with Gasteiger partial charge >= 0.3 is 121 Å². The fourth-order valence-electron chi connectivity index (χ4n) is 2.04. The molecule has 1 aromatic carbocycles. The van der Waals surface area contributed by atoms with Gasteiger partial charge in [-0.15, -0.1) is 0 Å². The summed E-state index contributed by atoms with van der Waals surface area (Å²) in [5.74, 6) is 0. The maximum atomic E-state index is 4.82. The summed E-state index contributed by atoms with van der Waals surface area (Å²) in [7, 11) is 0. The van der Waals surface area contributed by atoms with Gasteiger partial charge in [0.05, 0.1) is 0 Å². The Balaban J connectivity index is 2.52. The molecule has 0 aliphatic rings. The van der Waals surface area contributed by atoms with E-state index in [9.17, 15) is 0 Å². The van der Waals surface area contributed by atoms with Crippen molar-refractivity contribution in [1.29, 1.82) is 0 Å². The summed E-state index contributed by atoms with van der Waals surface area (Å²) in [4.78, 5) is 4.82. The molecule has 0 aliphatic heterocycles. The molecule has 0 saturated heterocycles. The monoisotopic (exact) mass is 237 g/mol. The molecule has 2 heteroatoms. The van der Waals surface area contributed by atoms with Crippen LogP contribution in [0, 0.1) is 0 Å². The number of hydrogen-bond donors (Lipinski definition) is 0. The number of benzene rings is 1. The number of unbranched alkanes of at least 4 members (excludes halogenated alkanes) is 3. The van der Waals surface area contributed by atoms with Gasteiger partial charge in [0.15, 0.2) is 0 Å². The predicted molar refractivity (Wildman–Crippen MR) is 81.8 cm³/mol. The van der Waals surface area contributed by atoms with Crippen LogP contribution in [-0.2, 0) is 0 Å². The van der Waals surface area contributed by atoms with Gasteiger partial charge in [-0.3, -0.25) is 0 Å². The van der Waals surface area contributed by atoms with Crippen molar-refractivity contribution in [2.75, 3.05) is 6.54 Å². The number of nitrogens with zero attached hydrogens (tertiary/aromatic N) is 1. The normalized spacial score (nSPS) is 11.8. The van der Waals surface area contributed by atoms with E-state index in [1.807, 2.05) is 0 Å². The molecular formula is C16H24LiN. The van der Waals surface area contributed by atoms with Crippen LogP contribution in [0.5, 0.6) is 0 Å². The van der Waals surface area contributed by atoms with E-state index in [1.54, 1.807) is 0 Å². The Hall–Kier alpha value is -0.513. The zero-order valence-corrected chi connectivity index (χ0v) is 12.0. The molecule has 0 atom stereocenters. The molecule has 0 saturated carbocycles. The molecule has 18 heavy (non-hydrogen) atoms. The van der Waals surface area contributed by atoms with Crippen molar-refractivity contribution >= 4 is 23.4 Å². The Kier molecular flexibility index (Phi) is 8.99. The summed E-state index contributed by atoms with van der Waals surface area (Å²) in [5.41, 5.74) is 2.61. The van der Waals surface area contributed by atoms with Crippen molar-refractivity contribution in [2.24, 2.45) is 4.99 Å². The Labute approximate surface area is 121 Å². The molecule has 0 bridgehead atoms. The van der Waals surface area contributed by atoms with E-state index >= 15 is 0 Å². The van der Waals surface area contributed by atoms with Crippen LogP contribution in [-0.4, -0.2) is 30.0 Å². The number of rotatable bonds is 9. The third-order valence-corrected chi connectivity index (χ3v) is 3.19. The van der Waals surface area contributed by atoms with E-state index < -0.39 is 0 Å². The van der Waals surface area contributed by atoms with Gasteiger partial charge in [-0.1, -0.05) is 0 Å². The van der Waals surface area contributed by atoms with Crippen LogP contribution >= 0.6 is 0 Å². The second kappa shape index (κ2) is 10.4. The van der Waals surface area contributed by atoms with Gasteiger partial charge in [-0.25, -0.2) is 0 Å². The molecule has 1 nitrogen and oxygen atoms in total. The van der Waals surface area contributed by atoms with E-state index in [2.05, 4.69) is 55.0 Å². The van der Waals surface area contributed by atoms with Crippen LogP contribution in [0.4, 0.5) is 0 Å². The zero-order valence-electron chi connectivity index (χ0n) is 12.0. The molecule has 0 radical (unpaired) electrons. The average Bonchev–Trinajstić information content (AvgIpc) is 2.43. The summed E-state index contributed by atoms with van der Waals surface area (Å²) >= 11 is 2.24. The third kappa shape index (κ3) is 6.43. The molecule has 0 spiro atoms. The number of hydrogen-bond acceptors (Lipinski definition) is 1. The molecule has 94 valence electrons. The van der Waals surface area contributed by atoms with Crippen molar-refractivity contribution in [2.45, 2.75) is 50.5 Å². The van der Waals surface area contributed by atoms with Crippen LogP contribution in [0.25, 0.3) is 0 Å². The first-order chi connectivity index (χ1) is 8.88. The second-order valence-electron chi connectivity index (χ2n) is 4.86. The van der Waals surface area contributed by atoms with Crippen LogP contribution in [0.1, 0.15) is 51.0 Å². The first-order valence-corrected chi connectivity index (χ1v) is 7.47. The van der Waals surface area contributed by atoms with Crippen molar-refractivity contribution in [1.82, 2.24) is 0 Å². The Morgan fingerprint density at radius 2 is 1.83 bits per heavy atom. The van der Waals surface area contributed by atoms with Gasteiger partial charge in [0.2, 0.25) is 0 Å². The van der Waals surface area contributed by atoms with Gasteiger partial charge < -0.3 is 0 Å². The van der Waals surface area contributed by atoms with Crippen LogP contribution < -0.4 is 0 Å². The molecule has 1 rings (SSSR count). The molecular weight excluding hydrogens is 213 g/mol. The topological polar surface area (TPSA) is 12.4 Å². The minimum absolute atomic E-state index is 0.994. The first-order valence-electron chi connectivity index (χ1n) is 7.47. The quantitative estimate of drug-likeness (QED) is 0.342.